The van der Waals surface area contributed by atoms with Crippen LogP contribution in [0.4, 0.5) is 5.69 Å². The molecule has 1 saturated carbocycles. The number of fused-ring (bicyclic) bond motifs is 1. The van der Waals surface area contributed by atoms with Crippen LogP contribution in [-0.4, -0.2) is 48.9 Å². The first kappa shape index (κ1) is 17.2. The molecule has 3 heterocycles. The average molecular weight is 368 g/mol. The molecule has 0 aromatic heterocycles. The smallest absolute Gasteiger partial charge is 0.224 e. The molecule has 1 aromatic carbocycles. The number of benzene rings is 1. The van der Waals surface area contributed by atoms with Gasteiger partial charge in [-0.2, -0.15) is 0 Å². The molecule has 0 radical (unpaired) electrons. The summed E-state index contributed by atoms with van der Waals surface area (Å²) in [6.07, 6.45) is 4.87. The third-order valence-corrected chi connectivity index (χ3v) is 8.03. The minimum Gasteiger partial charge on any atom is -0.495 e. The molecule has 0 N–H and O–H groups in total. The Hall–Kier alpha value is -1.88. The number of hydrogen-bond acceptors (Lipinski definition) is 4. The molecule has 3 aliphatic heterocycles. The molecular weight excluding hydrogens is 340 g/mol. The molecule has 5 nitrogen and oxygen atoms in total. The maximum Gasteiger partial charge on any atom is 0.224 e. The van der Waals surface area contributed by atoms with Crippen LogP contribution in [0.15, 0.2) is 18.2 Å². The topological polar surface area (TPSA) is 49.9 Å². The standard InChI is InChI=1S/C22H28N2O3/c1-14(25)21-9-5-12-23-13-11-22(20(21)23)16-6-4-7-17(27-3)19(16)24(15(2)26)18(22)8-10-21/h4,6-7,18,20H,5,8-13H2,1-3H3. The maximum atomic E-state index is 13.0. The lowest BCUT2D eigenvalue weighted by Gasteiger charge is -2.57. The van der Waals surface area contributed by atoms with E-state index in [1.165, 1.54) is 5.56 Å². The van der Waals surface area contributed by atoms with Gasteiger partial charge in [0.15, 0.2) is 0 Å². The first-order valence-electron chi connectivity index (χ1n) is 10.2. The summed E-state index contributed by atoms with van der Waals surface area (Å²) in [5.74, 6) is 1.18. The van der Waals surface area contributed by atoms with Gasteiger partial charge in [0.2, 0.25) is 5.91 Å². The highest BCUT2D eigenvalue weighted by Gasteiger charge is 2.70. The highest BCUT2D eigenvalue weighted by atomic mass is 16.5. The van der Waals surface area contributed by atoms with Crippen LogP contribution >= 0.6 is 0 Å². The van der Waals surface area contributed by atoms with Crippen molar-refractivity contribution >= 4 is 17.4 Å². The second kappa shape index (κ2) is 5.57. The molecule has 4 unspecified atom stereocenters. The average Bonchev–Trinajstić information content (AvgIpc) is 3.19. The Morgan fingerprint density at radius 3 is 2.67 bits per heavy atom. The van der Waals surface area contributed by atoms with E-state index in [2.05, 4.69) is 11.0 Å². The predicted molar refractivity (Wildman–Crippen MR) is 103 cm³/mol. The first-order chi connectivity index (χ1) is 13.0. The number of carbonyl (C=O) groups is 2. The molecule has 5 rings (SSSR count). The number of rotatable bonds is 2. The van der Waals surface area contributed by atoms with Crippen LogP contribution in [0.3, 0.4) is 0 Å². The van der Waals surface area contributed by atoms with Crippen molar-refractivity contribution in [1.29, 1.82) is 0 Å². The van der Waals surface area contributed by atoms with Gasteiger partial charge in [0, 0.05) is 29.8 Å². The molecule has 144 valence electrons. The molecule has 1 amide bonds. The summed E-state index contributed by atoms with van der Waals surface area (Å²) in [7, 11) is 1.68. The summed E-state index contributed by atoms with van der Waals surface area (Å²) in [6.45, 7) is 5.53. The van der Waals surface area contributed by atoms with E-state index < -0.39 is 0 Å². The number of carbonyl (C=O) groups excluding carboxylic acids is 2. The van der Waals surface area contributed by atoms with Gasteiger partial charge in [-0.1, -0.05) is 12.1 Å². The van der Waals surface area contributed by atoms with Crippen molar-refractivity contribution in [3.8, 4) is 5.75 Å². The molecule has 4 atom stereocenters. The number of para-hydroxylation sites is 1. The van der Waals surface area contributed by atoms with E-state index in [4.69, 9.17) is 4.74 Å². The van der Waals surface area contributed by atoms with Crippen LogP contribution in [0.1, 0.15) is 51.5 Å². The Morgan fingerprint density at radius 1 is 1.15 bits per heavy atom. The summed E-state index contributed by atoms with van der Waals surface area (Å²) in [5, 5.41) is 0. The lowest BCUT2D eigenvalue weighted by molar-refractivity contribution is -0.139. The summed E-state index contributed by atoms with van der Waals surface area (Å²) in [4.78, 5) is 30.3. The monoisotopic (exact) mass is 368 g/mol. The number of Topliss-reactive ketones (excluding diaryl/α,β-unsaturated/α-hetero) is 1. The Balaban J connectivity index is 1.79. The van der Waals surface area contributed by atoms with Crippen LogP contribution in [0.2, 0.25) is 0 Å². The van der Waals surface area contributed by atoms with E-state index >= 15 is 0 Å². The highest BCUT2D eigenvalue weighted by molar-refractivity contribution is 5.98. The van der Waals surface area contributed by atoms with Crippen LogP contribution in [0.5, 0.6) is 5.75 Å². The largest absolute Gasteiger partial charge is 0.495 e. The zero-order valence-electron chi connectivity index (χ0n) is 16.5. The van der Waals surface area contributed by atoms with E-state index in [0.29, 0.717) is 5.78 Å². The third-order valence-electron chi connectivity index (χ3n) is 8.03. The number of nitrogens with zero attached hydrogens (tertiary/aromatic N) is 2. The fraction of sp³-hybridized carbons (Fsp3) is 0.636. The molecule has 1 spiro atoms. The van der Waals surface area contributed by atoms with E-state index in [1.807, 2.05) is 17.0 Å². The Kier molecular flexibility index (Phi) is 3.55. The van der Waals surface area contributed by atoms with Crippen molar-refractivity contribution in [3.63, 3.8) is 0 Å². The molecule has 5 heteroatoms. The van der Waals surface area contributed by atoms with Crippen molar-refractivity contribution in [2.75, 3.05) is 25.1 Å². The molecule has 1 aromatic rings. The second-order valence-electron chi connectivity index (χ2n) is 8.84. The highest BCUT2D eigenvalue weighted by Crippen LogP contribution is 2.65. The lowest BCUT2D eigenvalue weighted by atomic mass is 9.52. The van der Waals surface area contributed by atoms with Crippen LogP contribution in [0.25, 0.3) is 0 Å². The van der Waals surface area contributed by atoms with E-state index in [0.717, 1.165) is 56.6 Å². The number of piperidine rings is 1. The lowest BCUT2D eigenvalue weighted by Crippen LogP contribution is -2.67. The van der Waals surface area contributed by atoms with Crippen molar-refractivity contribution in [2.24, 2.45) is 5.41 Å². The fourth-order valence-electron chi connectivity index (χ4n) is 7.21. The zero-order chi connectivity index (χ0) is 19.0. The summed E-state index contributed by atoms with van der Waals surface area (Å²) < 4.78 is 5.68. The molecular formula is C22H28N2O3. The van der Waals surface area contributed by atoms with Gasteiger partial charge in [-0.05, 0) is 63.7 Å². The van der Waals surface area contributed by atoms with Crippen molar-refractivity contribution in [2.45, 2.75) is 63.5 Å². The SMILES string of the molecule is COc1cccc2c1N(C(C)=O)C1CCC3(C(C)=O)CCCN4CCC21C43. The van der Waals surface area contributed by atoms with Gasteiger partial charge in [0.25, 0.3) is 0 Å². The van der Waals surface area contributed by atoms with Crippen molar-refractivity contribution < 1.29 is 14.3 Å². The zero-order valence-corrected chi connectivity index (χ0v) is 16.5. The molecule has 1 aliphatic carbocycles. The van der Waals surface area contributed by atoms with E-state index in [-0.39, 0.29) is 28.8 Å². The van der Waals surface area contributed by atoms with Crippen LogP contribution < -0.4 is 9.64 Å². The van der Waals surface area contributed by atoms with Crippen LogP contribution in [-0.2, 0) is 15.0 Å². The number of methoxy groups -OCH3 is 1. The Bertz CT molecular complexity index is 837. The minimum absolute atomic E-state index is 0.0761. The number of hydrogen-bond donors (Lipinski definition) is 0. The molecule has 4 aliphatic rings. The second-order valence-corrected chi connectivity index (χ2v) is 8.84. The van der Waals surface area contributed by atoms with Gasteiger partial charge in [-0.3, -0.25) is 14.5 Å². The van der Waals surface area contributed by atoms with Crippen LogP contribution in [0, 0.1) is 5.41 Å². The minimum atomic E-state index is -0.265. The maximum absolute atomic E-state index is 13.0. The van der Waals surface area contributed by atoms with Crippen molar-refractivity contribution in [3.05, 3.63) is 23.8 Å². The van der Waals surface area contributed by atoms with Crippen molar-refractivity contribution in [1.82, 2.24) is 4.90 Å². The van der Waals surface area contributed by atoms with Gasteiger partial charge >= 0.3 is 0 Å². The summed E-state index contributed by atoms with van der Waals surface area (Å²) in [6, 6.07) is 6.51. The normalized spacial score (nSPS) is 36.8. The number of ether oxygens (including phenoxy) is 1. The molecule has 0 bridgehead atoms. The van der Waals surface area contributed by atoms with Gasteiger partial charge < -0.3 is 9.64 Å². The van der Waals surface area contributed by atoms with E-state index in [9.17, 15) is 9.59 Å². The number of ketones is 1. The first-order valence-corrected chi connectivity index (χ1v) is 10.2. The number of anilines is 1. The third kappa shape index (κ3) is 1.89. The Morgan fingerprint density at radius 2 is 1.96 bits per heavy atom. The number of amides is 1. The van der Waals surface area contributed by atoms with Gasteiger partial charge in [0.1, 0.15) is 11.5 Å². The predicted octanol–water partition coefficient (Wildman–Crippen LogP) is 2.91. The Labute approximate surface area is 160 Å². The summed E-state index contributed by atoms with van der Waals surface area (Å²) in [5.41, 5.74) is 1.75. The van der Waals surface area contributed by atoms with Gasteiger partial charge in [-0.25, -0.2) is 0 Å². The quantitative estimate of drug-likeness (QED) is 0.805. The molecule has 3 fully saturated rings. The fourth-order valence-corrected chi connectivity index (χ4v) is 7.21. The molecule has 2 saturated heterocycles. The molecule has 27 heavy (non-hydrogen) atoms. The van der Waals surface area contributed by atoms with Gasteiger partial charge in [0.05, 0.1) is 12.8 Å². The van der Waals surface area contributed by atoms with E-state index in [1.54, 1.807) is 21.0 Å². The summed E-state index contributed by atoms with van der Waals surface area (Å²) >= 11 is 0. The van der Waals surface area contributed by atoms with Gasteiger partial charge in [-0.15, -0.1) is 0 Å².